The van der Waals surface area contributed by atoms with Crippen LogP contribution in [0.15, 0.2) is 11.4 Å². The SMILES string of the molecule is CC1CSCCN1c1nc(Cl)nc2sccc12. The van der Waals surface area contributed by atoms with Crippen LogP contribution in [0, 0.1) is 0 Å². The molecule has 90 valence electrons. The van der Waals surface area contributed by atoms with Crippen molar-refractivity contribution in [3.8, 4) is 0 Å². The van der Waals surface area contributed by atoms with Crippen molar-refractivity contribution < 1.29 is 0 Å². The maximum Gasteiger partial charge on any atom is 0.225 e. The molecule has 0 aromatic carbocycles. The zero-order valence-electron chi connectivity index (χ0n) is 9.39. The number of hydrogen-bond acceptors (Lipinski definition) is 5. The summed E-state index contributed by atoms with van der Waals surface area (Å²) in [6, 6.07) is 2.59. The van der Waals surface area contributed by atoms with Crippen LogP contribution in [0.1, 0.15) is 6.92 Å². The Morgan fingerprint density at radius 1 is 1.47 bits per heavy atom. The van der Waals surface area contributed by atoms with Gasteiger partial charge in [0.1, 0.15) is 10.6 Å². The Hall–Kier alpha value is -0.520. The Morgan fingerprint density at radius 3 is 3.18 bits per heavy atom. The summed E-state index contributed by atoms with van der Waals surface area (Å²) >= 11 is 9.61. The summed E-state index contributed by atoms with van der Waals surface area (Å²) in [4.78, 5) is 12.0. The van der Waals surface area contributed by atoms with Gasteiger partial charge in [0, 0.05) is 24.1 Å². The van der Waals surface area contributed by atoms with Gasteiger partial charge < -0.3 is 4.90 Å². The van der Waals surface area contributed by atoms with E-state index in [0.717, 1.165) is 34.1 Å². The van der Waals surface area contributed by atoms with Crippen LogP contribution in [0.25, 0.3) is 10.2 Å². The summed E-state index contributed by atoms with van der Waals surface area (Å²) in [7, 11) is 0. The Labute approximate surface area is 113 Å². The van der Waals surface area contributed by atoms with Crippen molar-refractivity contribution in [2.24, 2.45) is 0 Å². The standard InChI is InChI=1S/C11H12ClN3S2/c1-7-6-16-5-3-15(7)9-8-2-4-17-10(8)14-11(12)13-9/h2,4,7H,3,5-6H2,1H3. The molecule has 1 unspecified atom stereocenters. The molecule has 3 nitrogen and oxygen atoms in total. The molecule has 0 N–H and O–H groups in total. The molecule has 17 heavy (non-hydrogen) atoms. The van der Waals surface area contributed by atoms with Crippen molar-refractivity contribution >= 4 is 50.7 Å². The van der Waals surface area contributed by atoms with Crippen LogP contribution in [0.5, 0.6) is 0 Å². The second-order valence-corrected chi connectivity index (χ2v) is 6.46. The molecule has 1 fully saturated rings. The fourth-order valence-electron chi connectivity index (χ4n) is 2.08. The Bertz CT molecular complexity index is 542. The third-order valence-corrected chi connectivity index (χ3v) is 5.08. The van der Waals surface area contributed by atoms with Gasteiger partial charge in [0.2, 0.25) is 5.28 Å². The van der Waals surface area contributed by atoms with Crippen LogP contribution in [-0.2, 0) is 0 Å². The third kappa shape index (κ3) is 2.11. The van der Waals surface area contributed by atoms with E-state index in [0.29, 0.717) is 11.3 Å². The van der Waals surface area contributed by atoms with E-state index < -0.39 is 0 Å². The van der Waals surface area contributed by atoms with E-state index >= 15 is 0 Å². The Balaban J connectivity index is 2.11. The number of aromatic nitrogens is 2. The number of rotatable bonds is 1. The number of thiophene rings is 1. The van der Waals surface area contributed by atoms with E-state index in [2.05, 4.69) is 27.9 Å². The van der Waals surface area contributed by atoms with E-state index in [4.69, 9.17) is 11.6 Å². The molecule has 0 bridgehead atoms. The molecule has 1 aliphatic rings. The highest BCUT2D eigenvalue weighted by atomic mass is 35.5. The molecule has 1 saturated heterocycles. The summed E-state index contributed by atoms with van der Waals surface area (Å²) in [5.74, 6) is 3.29. The number of halogens is 1. The second kappa shape index (κ2) is 4.63. The number of thioether (sulfide) groups is 1. The summed E-state index contributed by atoms with van der Waals surface area (Å²) in [6.45, 7) is 3.27. The lowest BCUT2D eigenvalue weighted by molar-refractivity contribution is 0.692. The molecule has 0 amide bonds. The molecule has 3 heterocycles. The van der Waals surface area contributed by atoms with Gasteiger partial charge in [0.25, 0.3) is 0 Å². The van der Waals surface area contributed by atoms with E-state index in [1.807, 2.05) is 17.1 Å². The van der Waals surface area contributed by atoms with Crippen LogP contribution >= 0.6 is 34.7 Å². The minimum absolute atomic E-state index is 0.348. The average Bonchev–Trinajstić information content (AvgIpc) is 2.76. The van der Waals surface area contributed by atoms with Gasteiger partial charge in [0.15, 0.2) is 0 Å². The van der Waals surface area contributed by atoms with Crippen LogP contribution in [0.2, 0.25) is 5.28 Å². The van der Waals surface area contributed by atoms with Gasteiger partial charge in [0.05, 0.1) is 5.39 Å². The molecule has 0 radical (unpaired) electrons. The minimum atomic E-state index is 0.348. The van der Waals surface area contributed by atoms with E-state index in [1.165, 1.54) is 0 Å². The molecule has 0 saturated carbocycles. The number of anilines is 1. The van der Waals surface area contributed by atoms with Gasteiger partial charge in [-0.2, -0.15) is 16.7 Å². The normalized spacial score (nSPS) is 21.1. The smallest absolute Gasteiger partial charge is 0.225 e. The largest absolute Gasteiger partial charge is 0.352 e. The number of nitrogens with zero attached hydrogens (tertiary/aromatic N) is 3. The Kier molecular flexibility index (Phi) is 3.15. The molecule has 1 atom stereocenters. The molecule has 1 aliphatic heterocycles. The molecule has 3 rings (SSSR count). The van der Waals surface area contributed by atoms with Crippen LogP contribution in [-0.4, -0.2) is 34.1 Å². The average molecular weight is 286 g/mol. The van der Waals surface area contributed by atoms with Gasteiger partial charge in [-0.25, -0.2) is 4.98 Å². The molecule has 6 heteroatoms. The van der Waals surface area contributed by atoms with Crippen molar-refractivity contribution in [3.05, 3.63) is 16.7 Å². The highest BCUT2D eigenvalue weighted by molar-refractivity contribution is 7.99. The first-order valence-electron chi connectivity index (χ1n) is 5.51. The van der Waals surface area contributed by atoms with Gasteiger partial charge in [-0.3, -0.25) is 0 Å². The van der Waals surface area contributed by atoms with Crippen LogP contribution in [0.3, 0.4) is 0 Å². The molecule has 0 spiro atoms. The van der Waals surface area contributed by atoms with Gasteiger partial charge in [-0.1, -0.05) is 0 Å². The predicted molar refractivity (Wildman–Crippen MR) is 76.6 cm³/mol. The highest BCUT2D eigenvalue weighted by Crippen LogP contribution is 2.32. The molecule has 2 aromatic heterocycles. The van der Waals surface area contributed by atoms with E-state index in [1.54, 1.807) is 11.3 Å². The lowest BCUT2D eigenvalue weighted by Gasteiger charge is -2.34. The lowest BCUT2D eigenvalue weighted by atomic mass is 10.2. The number of hydrogen-bond donors (Lipinski definition) is 0. The first-order valence-corrected chi connectivity index (χ1v) is 7.92. The van der Waals surface area contributed by atoms with Crippen molar-refractivity contribution in [1.82, 2.24) is 9.97 Å². The summed E-state index contributed by atoms with van der Waals surface area (Å²) in [5.41, 5.74) is 0. The van der Waals surface area contributed by atoms with Crippen LogP contribution in [0.4, 0.5) is 5.82 Å². The van der Waals surface area contributed by atoms with E-state index in [9.17, 15) is 0 Å². The zero-order valence-corrected chi connectivity index (χ0v) is 11.8. The number of fused-ring (bicyclic) bond motifs is 1. The van der Waals surface area contributed by atoms with Crippen molar-refractivity contribution in [3.63, 3.8) is 0 Å². The Morgan fingerprint density at radius 2 is 2.35 bits per heavy atom. The molecular formula is C11H12ClN3S2. The maximum absolute atomic E-state index is 6.00. The van der Waals surface area contributed by atoms with Crippen LogP contribution < -0.4 is 4.90 Å². The predicted octanol–water partition coefficient (Wildman–Crippen LogP) is 3.29. The summed E-state index contributed by atoms with van der Waals surface area (Å²) < 4.78 is 0. The molecule has 2 aromatic rings. The summed E-state index contributed by atoms with van der Waals surface area (Å²) in [5, 5.41) is 3.52. The van der Waals surface area contributed by atoms with Gasteiger partial charge in [-0.15, -0.1) is 11.3 Å². The second-order valence-electron chi connectivity index (χ2n) is 4.07. The topological polar surface area (TPSA) is 29.0 Å². The monoisotopic (exact) mass is 285 g/mol. The fraction of sp³-hybridized carbons (Fsp3) is 0.455. The highest BCUT2D eigenvalue weighted by Gasteiger charge is 2.22. The quantitative estimate of drug-likeness (QED) is 0.752. The van der Waals surface area contributed by atoms with Gasteiger partial charge >= 0.3 is 0 Å². The first kappa shape index (κ1) is 11.6. The third-order valence-electron chi connectivity index (χ3n) is 2.92. The van der Waals surface area contributed by atoms with Crippen molar-refractivity contribution in [2.75, 3.05) is 23.0 Å². The maximum atomic E-state index is 6.00. The zero-order chi connectivity index (χ0) is 11.8. The van der Waals surface area contributed by atoms with Crippen molar-refractivity contribution in [2.45, 2.75) is 13.0 Å². The lowest BCUT2D eigenvalue weighted by Crippen LogP contribution is -2.41. The fourth-order valence-corrected chi connectivity index (χ4v) is 4.06. The molecule has 0 aliphatic carbocycles. The first-order chi connectivity index (χ1) is 8.25. The molecular weight excluding hydrogens is 274 g/mol. The van der Waals surface area contributed by atoms with Gasteiger partial charge in [-0.05, 0) is 30.0 Å². The van der Waals surface area contributed by atoms with Crippen molar-refractivity contribution in [1.29, 1.82) is 0 Å². The van der Waals surface area contributed by atoms with E-state index in [-0.39, 0.29) is 0 Å². The summed E-state index contributed by atoms with van der Waals surface area (Å²) in [6.07, 6.45) is 0. The minimum Gasteiger partial charge on any atom is -0.352 e.